The van der Waals surface area contributed by atoms with E-state index in [0.717, 1.165) is 28.0 Å². The number of ether oxygens (including phenoxy) is 2. The zero-order chi connectivity index (χ0) is 14.5. The second kappa shape index (κ2) is 7.11. The number of nitrogens with one attached hydrogen (secondary N) is 1. The summed E-state index contributed by atoms with van der Waals surface area (Å²) < 4.78 is 12.1. The summed E-state index contributed by atoms with van der Waals surface area (Å²) in [6.45, 7) is 0. The lowest BCUT2D eigenvalue weighted by atomic mass is 10.0. The quantitative estimate of drug-likeness (QED) is 0.848. The van der Waals surface area contributed by atoms with E-state index in [1.165, 1.54) is 4.88 Å². The maximum Gasteiger partial charge on any atom is 0.127 e. The van der Waals surface area contributed by atoms with E-state index >= 15 is 0 Å². The smallest absolute Gasteiger partial charge is 0.127 e. The molecule has 1 heterocycles. The summed E-state index contributed by atoms with van der Waals surface area (Å²) in [5.41, 5.74) is 1.06. The summed E-state index contributed by atoms with van der Waals surface area (Å²) in [7, 11) is 5.33. The molecule has 1 aromatic heterocycles. The summed E-state index contributed by atoms with van der Waals surface area (Å²) in [6.07, 6.45) is 0.892. The van der Waals surface area contributed by atoms with Crippen LogP contribution in [0.15, 0.2) is 34.1 Å². The second-order valence-electron chi connectivity index (χ2n) is 4.35. The summed E-state index contributed by atoms with van der Waals surface area (Å²) >= 11 is 5.24. The molecule has 2 rings (SSSR count). The van der Waals surface area contributed by atoms with Crippen LogP contribution in [0.5, 0.6) is 11.5 Å². The zero-order valence-corrected chi connectivity index (χ0v) is 14.2. The number of rotatable bonds is 6. The van der Waals surface area contributed by atoms with Crippen LogP contribution < -0.4 is 14.8 Å². The fourth-order valence-electron chi connectivity index (χ4n) is 2.23. The number of methoxy groups -OCH3 is 2. The van der Waals surface area contributed by atoms with Crippen molar-refractivity contribution in [2.45, 2.75) is 12.5 Å². The highest BCUT2D eigenvalue weighted by Crippen LogP contribution is 2.36. The van der Waals surface area contributed by atoms with Gasteiger partial charge >= 0.3 is 0 Å². The van der Waals surface area contributed by atoms with Gasteiger partial charge in [-0.05, 0) is 41.2 Å². The fourth-order valence-corrected chi connectivity index (χ4v) is 3.73. The number of hydrogen-bond acceptors (Lipinski definition) is 4. The van der Waals surface area contributed by atoms with E-state index < -0.39 is 0 Å². The van der Waals surface area contributed by atoms with Crippen molar-refractivity contribution in [3.63, 3.8) is 0 Å². The number of halogens is 1. The Morgan fingerprint density at radius 3 is 2.35 bits per heavy atom. The van der Waals surface area contributed by atoms with Crippen LogP contribution in [0.3, 0.4) is 0 Å². The Morgan fingerprint density at radius 1 is 1.25 bits per heavy atom. The van der Waals surface area contributed by atoms with Crippen molar-refractivity contribution in [2.24, 2.45) is 0 Å². The Labute approximate surface area is 132 Å². The van der Waals surface area contributed by atoms with E-state index in [0.29, 0.717) is 0 Å². The van der Waals surface area contributed by atoms with Crippen LogP contribution >= 0.6 is 27.3 Å². The van der Waals surface area contributed by atoms with Gasteiger partial charge in [-0.25, -0.2) is 0 Å². The average molecular weight is 356 g/mol. The second-order valence-corrected chi connectivity index (χ2v) is 6.26. The molecule has 0 spiro atoms. The molecule has 0 fully saturated rings. The first-order chi connectivity index (χ1) is 9.69. The lowest BCUT2D eigenvalue weighted by molar-refractivity contribution is 0.373. The van der Waals surface area contributed by atoms with Crippen molar-refractivity contribution in [3.8, 4) is 11.5 Å². The van der Waals surface area contributed by atoms with Crippen LogP contribution in [0.2, 0.25) is 0 Å². The third-order valence-corrected chi connectivity index (χ3v) is 4.91. The molecule has 1 unspecified atom stereocenters. The zero-order valence-electron chi connectivity index (χ0n) is 11.8. The van der Waals surface area contributed by atoms with Gasteiger partial charge in [-0.15, -0.1) is 11.3 Å². The highest BCUT2D eigenvalue weighted by Gasteiger charge is 2.20. The predicted octanol–water partition coefficient (Wildman–Crippen LogP) is 4.03. The Morgan fingerprint density at radius 2 is 1.90 bits per heavy atom. The minimum atomic E-state index is 0.145. The van der Waals surface area contributed by atoms with Crippen molar-refractivity contribution in [1.29, 1.82) is 0 Å². The molecule has 0 amide bonds. The van der Waals surface area contributed by atoms with Gasteiger partial charge in [0.05, 0.1) is 19.8 Å². The highest BCUT2D eigenvalue weighted by atomic mass is 79.9. The normalized spacial score (nSPS) is 12.2. The van der Waals surface area contributed by atoms with Gasteiger partial charge in [0.2, 0.25) is 0 Å². The van der Waals surface area contributed by atoms with E-state index in [1.54, 1.807) is 25.6 Å². The SMILES string of the molecule is CNC(Cc1cc(Br)cs1)c1c(OC)cccc1OC. The number of benzene rings is 1. The number of hydrogen-bond donors (Lipinski definition) is 1. The van der Waals surface area contributed by atoms with Gasteiger partial charge in [-0.3, -0.25) is 0 Å². The molecule has 108 valence electrons. The van der Waals surface area contributed by atoms with Crippen LogP contribution in [0.1, 0.15) is 16.5 Å². The van der Waals surface area contributed by atoms with Gasteiger partial charge < -0.3 is 14.8 Å². The third-order valence-electron chi connectivity index (χ3n) is 3.19. The lowest BCUT2D eigenvalue weighted by Crippen LogP contribution is -2.20. The molecule has 3 nitrogen and oxygen atoms in total. The first-order valence-electron chi connectivity index (χ1n) is 6.30. The van der Waals surface area contributed by atoms with Crippen LogP contribution in [-0.2, 0) is 6.42 Å². The van der Waals surface area contributed by atoms with E-state index in [2.05, 4.69) is 32.7 Å². The molecular weight excluding hydrogens is 338 g/mol. The third kappa shape index (κ3) is 3.34. The maximum atomic E-state index is 5.49. The Bertz CT molecular complexity index is 549. The van der Waals surface area contributed by atoms with Crippen LogP contribution in [0.4, 0.5) is 0 Å². The first kappa shape index (κ1) is 15.4. The minimum Gasteiger partial charge on any atom is -0.496 e. The molecule has 0 saturated heterocycles. The van der Waals surface area contributed by atoms with E-state index in [4.69, 9.17) is 9.47 Å². The summed E-state index contributed by atoms with van der Waals surface area (Å²) in [6, 6.07) is 8.16. The molecule has 0 aliphatic carbocycles. The highest BCUT2D eigenvalue weighted by molar-refractivity contribution is 9.10. The topological polar surface area (TPSA) is 30.5 Å². The summed E-state index contributed by atoms with van der Waals surface area (Å²) in [5, 5.41) is 5.46. The van der Waals surface area contributed by atoms with Crippen molar-refractivity contribution in [3.05, 3.63) is 44.6 Å². The molecule has 0 radical (unpaired) electrons. The first-order valence-corrected chi connectivity index (χ1v) is 7.98. The molecule has 0 aliphatic heterocycles. The van der Waals surface area contributed by atoms with Crippen LogP contribution in [-0.4, -0.2) is 21.3 Å². The van der Waals surface area contributed by atoms with Crippen LogP contribution in [0.25, 0.3) is 0 Å². The predicted molar refractivity (Wildman–Crippen MR) is 87.1 cm³/mol. The molecule has 1 aromatic carbocycles. The molecule has 0 bridgehead atoms. The van der Waals surface area contributed by atoms with Gasteiger partial charge in [0.15, 0.2) is 0 Å². The fraction of sp³-hybridized carbons (Fsp3) is 0.333. The lowest BCUT2D eigenvalue weighted by Gasteiger charge is -2.21. The molecule has 1 atom stereocenters. The molecule has 0 aliphatic rings. The van der Waals surface area contributed by atoms with E-state index in [1.807, 2.05) is 25.2 Å². The van der Waals surface area contributed by atoms with Crippen LogP contribution in [0, 0.1) is 0 Å². The summed E-state index contributed by atoms with van der Waals surface area (Å²) in [4.78, 5) is 1.31. The standard InChI is InChI=1S/C15H18BrNO2S/c1-17-12(8-11-7-10(16)9-20-11)15-13(18-2)5-4-6-14(15)19-3/h4-7,9,12,17H,8H2,1-3H3. The Hall–Kier alpha value is -1.04. The average Bonchev–Trinajstić information content (AvgIpc) is 2.89. The molecule has 1 N–H and O–H groups in total. The van der Waals surface area contributed by atoms with Gasteiger partial charge in [0.25, 0.3) is 0 Å². The molecular formula is C15H18BrNO2S. The van der Waals surface area contributed by atoms with Crippen molar-refractivity contribution in [1.82, 2.24) is 5.32 Å². The Balaban J connectivity index is 2.35. The minimum absolute atomic E-state index is 0.145. The van der Waals surface area contributed by atoms with Gasteiger partial charge in [0.1, 0.15) is 11.5 Å². The summed E-state index contributed by atoms with van der Waals surface area (Å²) in [5.74, 6) is 1.69. The number of thiophene rings is 1. The van der Waals surface area contributed by atoms with E-state index in [-0.39, 0.29) is 6.04 Å². The monoisotopic (exact) mass is 355 g/mol. The molecule has 5 heteroatoms. The van der Waals surface area contributed by atoms with Crippen molar-refractivity contribution < 1.29 is 9.47 Å². The Kier molecular flexibility index (Phi) is 5.46. The molecule has 20 heavy (non-hydrogen) atoms. The molecule has 2 aromatic rings. The van der Waals surface area contributed by atoms with Crippen molar-refractivity contribution in [2.75, 3.05) is 21.3 Å². The number of likely N-dealkylation sites (N-methyl/N-ethyl adjacent to an activating group) is 1. The van der Waals surface area contributed by atoms with Gasteiger partial charge in [0, 0.05) is 27.2 Å². The van der Waals surface area contributed by atoms with Gasteiger partial charge in [-0.2, -0.15) is 0 Å². The van der Waals surface area contributed by atoms with E-state index in [9.17, 15) is 0 Å². The molecule has 0 saturated carbocycles. The van der Waals surface area contributed by atoms with Crippen molar-refractivity contribution >= 4 is 27.3 Å². The largest absolute Gasteiger partial charge is 0.496 e. The maximum absolute atomic E-state index is 5.49. The van der Waals surface area contributed by atoms with Gasteiger partial charge in [-0.1, -0.05) is 6.07 Å².